The number of hydrogen-bond donors (Lipinski definition) is 1. The quantitative estimate of drug-likeness (QED) is 0.735. The van der Waals surface area contributed by atoms with E-state index in [1.807, 2.05) is 36.8 Å². The predicted octanol–water partition coefficient (Wildman–Crippen LogP) is 3.88. The largest absolute Gasteiger partial charge is 0.354 e. The Labute approximate surface area is 196 Å². The van der Waals surface area contributed by atoms with Crippen molar-refractivity contribution in [1.82, 2.24) is 19.8 Å². The van der Waals surface area contributed by atoms with E-state index in [1.165, 1.54) is 44.2 Å². The van der Waals surface area contributed by atoms with Gasteiger partial charge in [-0.15, -0.1) is 0 Å². The summed E-state index contributed by atoms with van der Waals surface area (Å²) >= 11 is 0. The van der Waals surface area contributed by atoms with E-state index in [-0.39, 0.29) is 11.9 Å². The average Bonchev–Trinajstić information content (AvgIpc) is 3.25. The van der Waals surface area contributed by atoms with E-state index < -0.39 is 0 Å². The van der Waals surface area contributed by atoms with Crippen LogP contribution in [0.3, 0.4) is 0 Å². The molecule has 1 aromatic carbocycles. The number of imidazole rings is 1. The number of carbonyl (C=O) groups is 1. The van der Waals surface area contributed by atoms with E-state index in [9.17, 15) is 4.79 Å². The number of hydrogen-bond acceptors (Lipinski definition) is 4. The van der Waals surface area contributed by atoms with E-state index in [4.69, 9.17) is 5.26 Å². The fraction of sp³-hybridized carbons (Fsp3) is 0.593. The van der Waals surface area contributed by atoms with E-state index in [0.717, 1.165) is 49.4 Å². The number of rotatable bonds is 6. The highest BCUT2D eigenvalue weighted by molar-refractivity contribution is 5.78. The molecule has 1 amide bonds. The Hall–Kier alpha value is -2.65. The molecule has 1 unspecified atom stereocenters. The fourth-order valence-electron chi connectivity index (χ4n) is 7.92. The third-order valence-corrected chi connectivity index (χ3v) is 8.82. The zero-order valence-corrected chi connectivity index (χ0v) is 19.2. The summed E-state index contributed by atoms with van der Waals surface area (Å²) in [5.41, 5.74) is 3.50. The molecule has 5 aliphatic rings. The molecule has 172 valence electrons. The summed E-state index contributed by atoms with van der Waals surface area (Å²) in [4.78, 5) is 19.3. The summed E-state index contributed by atoms with van der Waals surface area (Å²) in [5.74, 6) is 2.90. The minimum absolute atomic E-state index is 0.134. The van der Waals surface area contributed by atoms with Crippen LogP contribution in [-0.2, 0) is 11.3 Å². The van der Waals surface area contributed by atoms with Gasteiger partial charge in [0.15, 0.2) is 0 Å². The molecule has 0 spiro atoms. The van der Waals surface area contributed by atoms with Crippen molar-refractivity contribution < 1.29 is 4.79 Å². The molecule has 4 saturated carbocycles. The third-order valence-electron chi connectivity index (χ3n) is 8.82. The maximum Gasteiger partial charge on any atom is 0.234 e. The van der Waals surface area contributed by atoms with Crippen molar-refractivity contribution in [1.29, 1.82) is 5.26 Å². The van der Waals surface area contributed by atoms with Crippen LogP contribution < -0.4 is 5.32 Å². The van der Waals surface area contributed by atoms with Crippen LogP contribution >= 0.6 is 0 Å². The van der Waals surface area contributed by atoms with Gasteiger partial charge in [0.25, 0.3) is 0 Å². The van der Waals surface area contributed by atoms with E-state index >= 15 is 0 Å². The molecule has 2 heterocycles. The minimum Gasteiger partial charge on any atom is -0.354 e. The van der Waals surface area contributed by atoms with Crippen molar-refractivity contribution in [3.63, 3.8) is 0 Å². The summed E-state index contributed by atoms with van der Waals surface area (Å²) in [6.07, 6.45) is 13.6. The second-order valence-electron chi connectivity index (χ2n) is 11.2. The van der Waals surface area contributed by atoms with Crippen LogP contribution in [0, 0.1) is 34.5 Å². The summed E-state index contributed by atoms with van der Waals surface area (Å²) in [7, 11) is 0. The molecule has 1 aliphatic heterocycles. The maximum atomic E-state index is 12.3. The number of benzene rings is 1. The lowest BCUT2D eigenvalue weighted by Crippen LogP contribution is -2.52. The van der Waals surface area contributed by atoms with Crippen LogP contribution in [0.15, 0.2) is 36.8 Å². The molecule has 7 rings (SSSR count). The monoisotopic (exact) mass is 443 g/mol. The van der Waals surface area contributed by atoms with Crippen molar-refractivity contribution >= 4 is 5.91 Å². The Bertz CT molecular complexity index is 1030. The molecule has 5 fully saturated rings. The molecule has 2 aromatic rings. The van der Waals surface area contributed by atoms with Crippen molar-refractivity contribution in [3.8, 4) is 6.07 Å². The Morgan fingerprint density at radius 2 is 1.82 bits per heavy atom. The second kappa shape index (κ2) is 8.29. The van der Waals surface area contributed by atoms with Crippen molar-refractivity contribution in [3.05, 3.63) is 53.6 Å². The average molecular weight is 444 g/mol. The molecule has 1 atom stereocenters. The first-order valence-corrected chi connectivity index (χ1v) is 12.6. The lowest BCUT2D eigenvalue weighted by Gasteiger charge is -2.58. The summed E-state index contributed by atoms with van der Waals surface area (Å²) in [5, 5.41) is 12.1. The molecule has 6 nitrogen and oxygen atoms in total. The SMILES string of the molecule is N#Cc1ccc(Cn2cncc2C(CC23CC4CC(CC(C4)C2)C3)N2CCNC(=O)C2)cc1. The van der Waals surface area contributed by atoms with Crippen molar-refractivity contribution in [2.45, 2.75) is 57.5 Å². The summed E-state index contributed by atoms with van der Waals surface area (Å²) < 4.78 is 2.26. The lowest BCUT2D eigenvalue weighted by atomic mass is 9.48. The first kappa shape index (κ1) is 20.9. The van der Waals surface area contributed by atoms with Gasteiger partial charge in [0, 0.05) is 25.8 Å². The molecule has 1 saturated heterocycles. The Kier molecular flexibility index (Phi) is 5.25. The molecule has 1 N–H and O–H groups in total. The van der Waals surface area contributed by atoms with Crippen molar-refractivity contribution in [2.24, 2.45) is 23.2 Å². The number of nitrogens with zero attached hydrogens (tertiary/aromatic N) is 4. The first-order valence-electron chi connectivity index (χ1n) is 12.6. The Morgan fingerprint density at radius 3 is 2.45 bits per heavy atom. The van der Waals surface area contributed by atoms with Crippen LogP contribution in [0.25, 0.3) is 0 Å². The topological polar surface area (TPSA) is 74.0 Å². The van der Waals surface area contributed by atoms with Crippen LogP contribution in [0.1, 0.15) is 67.8 Å². The smallest absolute Gasteiger partial charge is 0.234 e. The van der Waals surface area contributed by atoms with Gasteiger partial charge in [0.2, 0.25) is 5.91 Å². The molecule has 6 heteroatoms. The van der Waals surface area contributed by atoms with Crippen molar-refractivity contribution in [2.75, 3.05) is 19.6 Å². The van der Waals surface area contributed by atoms with Gasteiger partial charge >= 0.3 is 0 Å². The number of amides is 1. The zero-order chi connectivity index (χ0) is 22.4. The van der Waals surface area contributed by atoms with Crippen LogP contribution in [0.2, 0.25) is 0 Å². The molecular weight excluding hydrogens is 410 g/mol. The molecule has 33 heavy (non-hydrogen) atoms. The van der Waals surface area contributed by atoms with Crippen LogP contribution in [-0.4, -0.2) is 40.0 Å². The standard InChI is InChI=1S/C27H33N5O/c28-14-19-1-3-20(4-2-19)16-32-18-29-15-25(32)24(31-6-5-30-26(33)17-31)13-27-10-21-7-22(11-27)9-23(8-21)12-27/h1-4,15,18,21-24H,5-13,16-17H2,(H,30,33). The number of nitrogens with one attached hydrogen (secondary N) is 1. The molecule has 4 bridgehead atoms. The number of carbonyl (C=O) groups excluding carboxylic acids is 1. The molecule has 4 aliphatic carbocycles. The highest BCUT2D eigenvalue weighted by Gasteiger charge is 2.52. The van der Waals surface area contributed by atoms with Gasteiger partial charge in [-0.2, -0.15) is 5.26 Å². The lowest BCUT2D eigenvalue weighted by molar-refractivity contribution is -0.126. The predicted molar refractivity (Wildman–Crippen MR) is 125 cm³/mol. The van der Waals surface area contributed by atoms with Gasteiger partial charge in [-0.05, 0) is 85.8 Å². The molecular formula is C27H33N5O. The molecule has 1 aromatic heterocycles. The summed E-state index contributed by atoms with van der Waals surface area (Å²) in [6.45, 7) is 2.82. The normalized spacial score (nSPS) is 31.8. The Morgan fingerprint density at radius 1 is 1.12 bits per heavy atom. The summed E-state index contributed by atoms with van der Waals surface area (Å²) in [6, 6.07) is 10.2. The van der Waals surface area contributed by atoms with Gasteiger partial charge in [0.1, 0.15) is 0 Å². The van der Waals surface area contributed by atoms with E-state index in [0.29, 0.717) is 17.5 Å². The number of aromatic nitrogens is 2. The zero-order valence-electron chi connectivity index (χ0n) is 19.2. The number of nitriles is 1. The molecule has 0 radical (unpaired) electrons. The minimum atomic E-state index is 0.134. The highest BCUT2D eigenvalue weighted by Crippen LogP contribution is 2.62. The van der Waals surface area contributed by atoms with Gasteiger partial charge < -0.3 is 9.88 Å². The maximum absolute atomic E-state index is 12.3. The second-order valence-corrected chi connectivity index (χ2v) is 11.2. The first-order chi connectivity index (χ1) is 16.1. The van der Waals surface area contributed by atoms with Crippen LogP contribution in [0.5, 0.6) is 0 Å². The van der Waals surface area contributed by atoms with Gasteiger partial charge in [-0.25, -0.2) is 4.98 Å². The van der Waals surface area contributed by atoms with Crippen LogP contribution in [0.4, 0.5) is 0 Å². The number of piperazine rings is 1. The van der Waals surface area contributed by atoms with Gasteiger partial charge in [0.05, 0.1) is 36.2 Å². The van der Waals surface area contributed by atoms with E-state index in [2.05, 4.69) is 25.8 Å². The van der Waals surface area contributed by atoms with E-state index in [1.54, 1.807) is 0 Å². The third kappa shape index (κ3) is 4.08. The Balaban J connectivity index is 1.30. The highest BCUT2D eigenvalue weighted by atomic mass is 16.2. The van der Waals surface area contributed by atoms with Gasteiger partial charge in [-0.1, -0.05) is 12.1 Å². The fourth-order valence-corrected chi connectivity index (χ4v) is 7.92. The van der Waals surface area contributed by atoms with Gasteiger partial charge in [-0.3, -0.25) is 9.69 Å².